The van der Waals surface area contributed by atoms with E-state index in [9.17, 15) is 14.4 Å². The zero-order valence-corrected chi connectivity index (χ0v) is 46.3. The predicted molar refractivity (Wildman–Crippen MR) is 302 cm³/mol. The van der Waals surface area contributed by atoms with Gasteiger partial charge in [0.15, 0.2) is 6.10 Å². The molecule has 0 aliphatic rings. The van der Waals surface area contributed by atoms with Crippen LogP contribution in [0, 0.1) is 0 Å². The molecule has 0 N–H and O–H groups in total. The van der Waals surface area contributed by atoms with Crippen LogP contribution in [0.4, 0.5) is 0 Å². The van der Waals surface area contributed by atoms with Crippen LogP contribution in [-0.2, 0) is 28.6 Å². The molecule has 6 nitrogen and oxygen atoms in total. The van der Waals surface area contributed by atoms with Crippen molar-refractivity contribution in [3.05, 3.63) is 72.9 Å². The van der Waals surface area contributed by atoms with Gasteiger partial charge in [-0.25, -0.2) is 0 Å². The maximum Gasteiger partial charge on any atom is 0.306 e. The number of rotatable bonds is 54. The second-order valence-electron chi connectivity index (χ2n) is 19.9. The van der Waals surface area contributed by atoms with Crippen LogP contribution < -0.4 is 0 Å². The molecule has 0 fully saturated rings. The Hall–Kier alpha value is -3.15. The van der Waals surface area contributed by atoms with Gasteiger partial charge in [-0.2, -0.15) is 0 Å². The summed E-state index contributed by atoms with van der Waals surface area (Å²) in [6.07, 6.45) is 74.7. The fourth-order valence-electron chi connectivity index (χ4n) is 8.47. The third-order valence-corrected chi connectivity index (χ3v) is 12.9. The van der Waals surface area contributed by atoms with Crippen LogP contribution in [0.1, 0.15) is 297 Å². The molecule has 0 aliphatic heterocycles. The first-order valence-corrected chi connectivity index (χ1v) is 29.9. The number of unbranched alkanes of at least 4 members (excludes halogenated alkanes) is 31. The molecule has 0 aromatic carbocycles. The van der Waals surface area contributed by atoms with Gasteiger partial charge in [0.25, 0.3) is 0 Å². The van der Waals surface area contributed by atoms with Crippen molar-refractivity contribution in [2.45, 2.75) is 303 Å². The van der Waals surface area contributed by atoms with Crippen molar-refractivity contribution in [1.82, 2.24) is 0 Å². The van der Waals surface area contributed by atoms with Gasteiger partial charge in [0.1, 0.15) is 13.2 Å². The second-order valence-corrected chi connectivity index (χ2v) is 19.9. The van der Waals surface area contributed by atoms with E-state index in [-0.39, 0.29) is 31.1 Å². The summed E-state index contributed by atoms with van der Waals surface area (Å²) in [4.78, 5) is 38.2. The average molecular weight is 978 g/mol. The van der Waals surface area contributed by atoms with E-state index in [1.807, 2.05) is 0 Å². The fraction of sp³-hybridized carbons (Fsp3) is 0.766. The zero-order chi connectivity index (χ0) is 50.7. The van der Waals surface area contributed by atoms with Gasteiger partial charge in [-0.1, -0.05) is 261 Å². The molecule has 6 heteroatoms. The molecule has 0 spiro atoms. The van der Waals surface area contributed by atoms with Crippen molar-refractivity contribution >= 4 is 17.9 Å². The predicted octanol–water partition coefficient (Wildman–Crippen LogP) is 20.2. The first-order chi connectivity index (χ1) is 34.5. The van der Waals surface area contributed by atoms with E-state index in [0.717, 1.165) is 103 Å². The van der Waals surface area contributed by atoms with Gasteiger partial charge in [-0.3, -0.25) is 14.4 Å². The van der Waals surface area contributed by atoms with Crippen LogP contribution >= 0.6 is 0 Å². The van der Waals surface area contributed by atoms with E-state index in [2.05, 4.69) is 93.7 Å². The van der Waals surface area contributed by atoms with Crippen LogP contribution in [0.5, 0.6) is 0 Å². The first-order valence-electron chi connectivity index (χ1n) is 29.9. The lowest BCUT2D eigenvalue weighted by atomic mass is 10.0. The van der Waals surface area contributed by atoms with Gasteiger partial charge in [0.2, 0.25) is 0 Å². The Kier molecular flexibility index (Phi) is 55.8. The molecule has 0 heterocycles. The van der Waals surface area contributed by atoms with Crippen molar-refractivity contribution < 1.29 is 28.6 Å². The highest BCUT2D eigenvalue weighted by atomic mass is 16.6. The molecular formula is C64H112O6. The number of ether oxygens (including phenoxy) is 3. The minimum Gasteiger partial charge on any atom is -0.462 e. The van der Waals surface area contributed by atoms with E-state index in [1.165, 1.54) is 154 Å². The summed E-state index contributed by atoms with van der Waals surface area (Å²) >= 11 is 0. The summed E-state index contributed by atoms with van der Waals surface area (Å²) in [6, 6.07) is 0. The normalized spacial score (nSPS) is 12.6. The summed E-state index contributed by atoms with van der Waals surface area (Å²) < 4.78 is 16.9. The summed E-state index contributed by atoms with van der Waals surface area (Å²) in [6.45, 7) is 6.51. The lowest BCUT2D eigenvalue weighted by Crippen LogP contribution is -2.30. The maximum atomic E-state index is 12.9. The molecule has 0 saturated carbocycles. The zero-order valence-electron chi connectivity index (χ0n) is 46.3. The van der Waals surface area contributed by atoms with E-state index in [4.69, 9.17) is 14.2 Å². The number of hydrogen-bond donors (Lipinski definition) is 0. The highest BCUT2D eigenvalue weighted by molar-refractivity contribution is 5.71. The topological polar surface area (TPSA) is 78.9 Å². The lowest BCUT2D eigenvalue weighted by Gasteiger charge is -2.18. The van der Waals surface area contributed by atoms with Crippen LogP contribution in [0.2, 0.25) is 0 Å². The van der Waals surface area contributed by atoms with Gasteiger partial charge < -0.3 is 14.2 Å². The molecule has 1 atom stereocenters. The molecule has 0 amide bonds. The van der Waals surface area contributed by atoms with E-state index in [1.54, 1.807) is 0 Å². The number of carbonyl (C=O) groups is 3. The summed E-state index contributed by atoms with van der Waals surface area (Å²) in [5.41, 5.74) is 0. The molecule has 0 aliphatic carbocycles. The second kappa shape index (κ2) is 58.4. The van der Waals surface area contributed by atoms with Crippen molar-refractivity contribution in [2.24, 2.45) is 0 Å². The van der Waals surface area contributed by atoms with E-state index in [0.29, 0.717) is 19.3 Å². The van der Waals surface area contributed by atoms with Gasteiger partial charge in [0.05, 0.1) is 0 Å². The molecule has 0 bridgehead atoms. The third-order valence-electron chi connectivity index (χ3n) is 12.9. The highest BCUT2D eigenvalue weighted by Gasteiger charge is 2.19. The minimum absolute atomic E-state index is 0.0897. The Morgan fingerprint density at radius 3 is 0.886 bits per heavy atom. The Morgan fingerprint density at radius 2 is 0.557 bits per heavy atom. The summed E-state index contributed by atoms with van der Waals surface area (Å²) in [7, 11) is 0. The lowest BCUT2D eigenvalue weighted by molar-refractivity contribution is -0.167. The van der Waals surface area contributed by atoms with Crippen molar-refractivity contribution in [2.75, 3.05) is 13.2 Å². The van der Waals surface area contributed by atoms with E-state index >= 15 is 0 Å². The largest absolute Gasteiger partial charge is 0.462 e. The Labute approximate surface area is 433 Å². The van der Waals surface area contributed by atoms with Crippen molar-refractivity contribution in [3.8, 4) is 0 Å². The van der Waals surface area contributed by atoms with Crippen LogP contribution in [0.25, 0.3) is 0 Å². The van der Waals surface area contributed by atoms with Crippen molar-refractivity contribution in [1.29, 1.82) is 0 Å². The molecule has 1 unspecified atom stereocenters. The molecular weight excluding hydrogens is 865 g/mol. The standard InChI is InChI=1S/C64H112O6/c1-4-7-10-13-16-19-22-25-27-29-31-32-33-35-36-39-42-45-48-51-54-57-63(66)69-60-61(59-68-62(65)56-53-50-47-44-41-38-24-21-18-15-12-9-6-3)70-64(67)58-55-52-49-46-43-40-37-34-30-28-26-23-20-17-14-11-8-5-2/h9,12,18,21-22,25,29,31,33,35,38,41,61H,4-8,10-11,13-17,19-20,23-24,26-28,30,32,34,36-37,39-40,42-60H2,1-3H3/b12-9-,21-18-,25-22-,31-29-,35-33-,41-38-. The molecule has 70 heavy (non-hydrogen) atoms. The first kappa shape index (κ1) is 66.9. The molecule has 0 radical (unpaired) electrons. The van der Waals surface area contributed by atoms with E-state index < -0.39 is 6.10 Å². The number of allylic oxidation sites excluding steroid dienone is 12. The maximum absolute atomic E-state index is 12.9. The molecule has 0 aromatic heterocycles. The molecule has 0 aromatic rings. The van der Waals surface area contributed by atoms with Crippen LogP contribution in [0.3, 0.4) is 0 Å². The third kappa shape index (κ3) is 55.8. The van der Waals surface area contributed by atoms with Crippen molar-refractivity contribution in [3.63, 3.8) is 0 Å². The molecule has 404 valence electrons. The smallest absolute Gasteiger partial charge is 0.306 e. The monoisotopic (exact) mass is 977 g/mol. The van der Waals surface area contributed by atoms with Crippen LogP contribution in [-0.4, -0.2) is 37.2 Å². The minimum atomic E-state index is -0.792. The van der Waals surface area contributed by atoms with Gasteiger partial charge >= 0.3 is 17.9 Å². The Morgan fingerprint density at radius 1 is 0.300 bits per heavy atom. The van der Waals surface area contributed by atoms with Gasteiger partial charge in [-0.15, -0.1) is 0 Å². The summed E-state index contributed by atoms with van der Waals surface area (Å²) in [5.74, 6) is -0.919. The number of esters is 3. The SMILES string of the molecule is CC/C=C\C/C=C\C/C=C\CCCCCC(=O)OCC(COC(=O)CCCCCCCC/C=C\C/C=C\C/C=C\CCCCCCC)OC(=O)CCCCCCCCCCCCCCCCCCCC. The Balaban J connectivity index is 4.38. The van der Waals surface area contributed by atoms with Gasteiger partial charge in [0, 0.05) is 19.3 Å². The fourth-order valence-corrected chi connectivity index (χ4v) is 8.47. The molecule has 0 saturated heterocycles. The van der Waals surface area contributed by atoms with Gasteiger partial charge in [-0.05, 0) is 89.9 Å². The Bertz CT molecular complexity index is 1310. The highest BCUT2D eigenvalue weighted by Crippen LogP contribution is 2.16. The van der Waals surface area contributed by atoms with Crippen LogP contribution in [0.15, 0.2) is 72.9 Å². The number of carbonyl (C=O) groups excluding carboxylic acids is 3. The molecule has 0 rings (SSSR count). The number of hydrogen-bond acceptors (Lipinski definition) is 6. The quantitative estimate of drug-likeness (QED) is 0.0261. The summed E-state index contributed by atoms with van der Waals surface area (Å²) in [5, 5.41) is 0. The average Bonchev–Trinajstić information content (AvgIpc) is 3.36.